The van der Waals surface area contributed by atoms with E-state index in [1.54, 1.807) is 24.3 Å². The molecule has 0 radical (unpaired) electrons. The van der Waals surface area contributed by atoms with E-state index in [9.17, 15) is 10.1 Å². The Morgan fingerprint density at radius 1 is 1.03 bits per heavy atom. The number of hydrogen-bond donors (Lipinski definition) is 1. The first kappa shape index (κ1) is 23.6. The van der Waals surface area contributed by atoms with E-state index in [1.165, 1.54) is 5.56 Å². The Hall–Kier alpha value is -4.04. The maximum absolute atomic E-state index is 12.7. The van der Waals surface area contributed by atoms with E-state index in [1.807, 2.05) is 75.4 Å². The topological polar surface area (TPSA) is 71.3 Å². The molecule has 0 bridgehead atoms. The van der Waals surface area contributed by atoms with Gasteiger partial charge in [0.1, 0.15) is 18.2 Å². The van der Waals surface area contributed by atoms with Crippen LogP contribution in [0, 0.1) is 18.3 Å². The summed E-state index contributed by atoms with van der Waals surface area (Å²) in [5.74, 6) is 0.747. The zero-order valence-corrected chi connectivity index (χ0v) is 19.2. The minimum Gasteiger partial charge on any atom is -0.490 e. The molecule has 5 heteroatoms. The molecule has 0 fully saturated rings. The molecule has 33 heavy (non-hydrogen) atoms. The second-order valence-electron chi connectivity index (χ2n) is 7.69. The van der Waals surface area contributed by atoms with Gasteiger partial charge < -0.3 is 14.8 Å². The number of carbonyl (C=O) groups excluding carboxylic acids is 1. The lowest BCUT2D eigenvalue weighted by atomic mass is 10.1. The summed E-state index contributed by atoms with van der Waals surface area (Å²) in [6.45, 7) is 6.70. The number of benzene rings is 3. The van der Waals surface area contributed by atoms with Crippen molar-refractivity contribution >= 4 is 12.0 Å². The van der Waals surface area contributed by atoms with Crippen LogP contribution in [0.2, 0.25) is 0 Å². The summed E-state index contributed by atoms with van der Waals surface area (Å²) in [4.78, 5) is 12.7. The Balaban J connectivity index is 1.75. The van der Waals surface area contributed by atoms with Gasteiger partial charge in [0.2, 0.25) is 0 Å². The third-order valence-electron chi connectivity index (χ3n) is 5.07. The second-order valence-corrected chi connectivity index (χ2v) is 7.69. The van der Waals surface area contributed by atoms with Crippen molar-refractivity contribution in [3.05, 3.63) is 101 Å². The van der Waals surface area contributed by atoms with E-state index in [2.05, 4.69) is 11.4 Å². The normalized spacial score (nSPS) is 11.9. The van der Waals surface area contributed by atoms with Gasteiger partial charge in [-0.05, 0) is 55.7 Å². The minimum absolute atomic E-state index is 0.0219. The van der Waals surface area contributed by atoms with E-state index >= 15 is 0 Å². The largest absolute Gasteiger partial charge is 0.490 e. The fourth-order valence-electron chi connectivity index (χ4n) is 3.38. The standard InChI is InChI=1S/C28H28N2O3/c1-4-32-27-17-22(13-14-26(27)33-19-23-10-8-9-20(2)15-23)16-25(18-29)28(31)30-21(3)24-11-6-5-7-12-24/h5-17,21H,4,19H2,1-3H3,(H,30,31)/b25-16+/t21-/m1/s1. The number of hydrogen-bond acceptors (Lipinski definition) is 4. The molecule has 0 aromatic heterocycles. The van der Waals surface area contributed by atoms with Crippen molar-refractivity contribution in [1.29, 1.82) is 5.26 Å². The van der Waals surface area contributed by atoms with Gasteiger partial charge in [0.05, 0.1) is 12.6 Å². The summed E-state index contributed by atoms with van der Waals surface area (Å²) in [6, 6.07) is 24.9. The van der Waals surface area contributed by atoms with Gasteiger partial charge in [-0.1, -0.05) is 66.2 Å². The smallest absolute Gasteiger partial charge is 0.262 e. The predicted octanol–water partition coefficient (Wildman–Crippen LogP) is 5.76. The summed E-state index contributed by atoms with van der Waals surface area (Å²) in [5, 5.41) is 12.4. The van der Waals surface area contributed by atoms with Gasteiger partial charge in [-0.3, -0.25) is 4.79 Å². The average molecular weight is 441 g/mol. The number of amides is 1. The van der Waals surface area contributed by atoms with Gasteiger partial charge in [0, 0.05) is 0 Å². The third-order valence-corrected chi connectivity index (χ3v) is 5.07. The molecule has 0 saturated heterocycles. The molecular weight excluding hydrogens is 412 g/mol. The summed E-state index contributed by atoms with van der Waals surface area (Å²) in [7, 11) is 0. The molecule has 0 unspecified atom stereocenters. The summed E-state index contributed by atoms with van der Waals surface area (Å²) in [5.41, 5.74) is 3.91. The quantitative estimate of drug-likeness (QED) is 0.339. The van der Waals surface area contributed by atoms with Crippen LogP contribution in [0.3, 0.4) is 0 Å². The van der Waals surface area contributed by atoms with Gasteiger partial charge >= 0.3 is 0 Å². The lowest BCUT2D eigenvalue weighted by Crippen LogP contribution is -2.27. The molecule has 5 nitrogen and oxygen atoms in total. The fourth-order valence-corrected chi connectivity index (χ4v) is 3.38. The molecule has 1 N–H and O–H groups in total. The van der Waals surface area contributed by atoms with Crippen LogP contribution < -0.4 is 14.8 Å². The number of nitrogens with one attached hydrogen (secondary N) is 1. The highest BCUT2D eigenvalue weighted by atomic mass is 16.5. The lowest BCUT2D eigenvalue weighted by molar-refractivity contribution is -0.117. The highest BCUT2D eigenvalue weighted by molar-refractivity contribution is 6.01. The van der Waals surface area contributed by atoms with Crippen LogP contribution in [0.4, 0.5) is 0 Å². The van der Waals surface area contributed by atoms with Crippen LogP contribution in [0.5, 0.6) is 11.5 Å². The van der Waals surface area contributed by atoms with Crippen LogP contribution >= 0.6 is 0 Å². The van der Waals surface area contributed by atoms with E-state index in [0.717, 1.165) is 11.1 Å². The molecule has 1 amide bonds. The van der Waals surface area contributed by atoms with Crippen LogP contribution in [0.25, 0.3) is 6.08 Å². The van der Waals surface area contributed by atoms with Crippen molar-refractivity contribution in [2.75, 3.05) is 6.61 Å². The van der Waals surface area contributed by atoms with Gasteiger partial charge in [-0.2, -0.15) is 5.26 Å². The number of nitriles is 1. The first-order chi connectivity index (χ1) is 16.0. The van der Waals surface area contributed by atoms with Gasteiger partial charge in [0.25, 0.3) is 5.91 Å². The van der Waals surface area contributed by atoms with Gasteiger partial charge in [-0.25, -0.2) is 0 Å². The Labute approximate surface area is 195 Å². The molecule has 3 rings (SSSR count). The van der Waals surface area contributed by atoms with Crippen molar-refractivity contribution in [3.63, 3.8) is 0 Å². The Morgan fingerprint density at radius 3 is 2.52 bits per heavy atom. The zero-order chi connectivity index (χ0) is 23.6. The molecular formula is C28H28N2O3. The third kappa shape index (κ3) is 6.72. The molecule has 1 atom stereocenters. The average Bonchev–Trinajstić information content (AvgIpc) is 2.82. The molecule has 0 spiro atoms. The zero-order valence-electron chi connectivity index (χ0n) is 19.2. The van der Waals surface area contributed by atoms with Crippen LogP contribution in [0.1, 0.15) is 42.1 Å². The van der Waals surface area contributed by atoms with Crippen LogP contribution in [0.15, 0.2) is 78.4 Å². The second kappa shape index (κ2) is 11.5. The van der Waals surface area contributed by atoms with Crippen molar-refractivity contribution in [3.8, 4) is 17.6 Å². The number of nitrogens with zero attached hydrogens (tertiary/aromatic N) is 1. The minimum atomic E-state index is -0.424. The van der Waals surface area contributed by atoms with Crippen LogP contribution in [-0.4, -0.2) is 12.5 Å². The van der Waals surface area contributed by atoms with Crippen molar-refractivity contribution in [2.24, 2.45) is 0 Å². The Morgan fingerprint density at radius 2 is 1.82 bits per heavy atom. The highest BCUT2D eigenvalue weighted by Gasteiger charge is 2.14. The first-order valence-corrected chi connectivity index (χ1v) is 10.9. The molecule has 0 aliphatic heterocycles. The summed E-state index contributed by atoms with van der Waals surface area (Å²) < 4.78 is 11.7. The molecule has 0 aliphatic rings. The SMILES string of the molecule is CCOc1cc(/C=C(\C#N)C(=O)N[C@H](C)c2ccccc2)ccc1OCc1cccc(C)c1. The van der Waals surface area contributed by atoms with Crippen molar-refractivity contribution in [1.82, 2.24) is 5.32 Å². The van der Waals surface area contributed by atoms with Crippen molar-refractivity contribution < 1.29 is 14.3 Å². The lowest BCUT2D eigenvalue weighted by Gasteiger charge is -2.14. The number of carbonyl (C=O) groups is 1. The van der Waals surface area contributed by atoms with Gasteiger partial charge in [0.15, 0.2) is 11.5 Å². The number of ether oxygens (including phenoxy) is 2. The Kier molecular flexibility index (Phi) is 8.26. The molecule has 3 aromatic rings. The first-order valence-electron chi connectivity index (χ1n) is 10.9. The summed E-state index contributed by atoms with van der Waals surface area (Å²) in [6.07, 6.45) is 1.56. The maximum atomic E-state index is 12.7. The molecule has 168 valence electrons. The highest BCUT2D eigenvalue weighted by Crippen LogP contribution is 2.30. The van der Waals surface area contributed by atoms with Crippen LogP contribution in [-0.2, 0) is 11.4 Å². The maximum Gasteiger partial charge on any atom is 0.262 e. The molecule has 3 aromatic carbocycles. The van der Waals surface area contributed by atoms with Gasteiger partial charge in [-0.15, -0.1) is 0 Å². The van der Waals surface area contributed by atoms with E-state index in [4.69, 9.17) is 9.47 Å². The molecule has 0 saturated carbocycles. The van der Waals surface area contributed by atoms with E-state index in [0.29, 0.717) is 30.3 Å². The predicted molar refractivity (Wildman–Crippen MR) is 130 cm³/mol. The monoisotopic (exact) mass is 440 g/mol. The summed E-state index contributed by atoms with van der Waals surface area (Å²) >= 11 is 0. The number of rotatable bonds is 9. The number of aryl methyl sites for hydroxylation is 1. The van der Waals surface area contributed by atoms with Crippen molar-refractivity contribution in [2.45, 2.75) is 33.4 Å². The fraction of sp³-hybridized carbons (Fsp3) is 0.214. The Bertz CT molecular complexity index is 1160. The van der Waals surface area contributed by atoms with E-state index < -0.39 is 5.91 Å². The molecule has 0 heterocycles. The molecule has 0 aliphatic carbocycles. The van der Waals surface area contributed by atoms with E-state index in [-0.39, 0.29) is 11.6 Å².